The van der Waals surface area contributed by atoms with Crippen molar-refractivity contribution in [2.24, 2.45) is 0 Å². The minimum atomic E-state index is 0.709. The second-order valence-corrected chi connectivity index (χ2v) is 4.20. The first kappa shape index (κ1) is 9.78. The smallest absolute Gasteiger partial charge is 0.128 e. The Morgan fingerprint density at radius 3 is 2.79 bits per heavy atom. The molecule has 0 amide bonds. The van der Waals surface area contributed by atoms with Crippen LogP contribution in [0.15, 0.2) is 18.3 Å². The Morgan fingerprint density at radius 1 is 1.50 bits per heavy atom. The average molecular weight is 211 g/mol. The molecular weight excluding hydrogens is 196 g/mol. The summed E-state index contributed by atoms with van der Waals surface area (Å²) in [5.74, 6) is 1.07. The van der Waals surface area contributed by atoms with Crippen LogP contribution in [-0.2, 0) is 0 Å². The lowest BCUT2D eigenvalue weighted by Crippen LogP contribution is -2.27. The van der Waals surface area contributed by atoms with Gasteiger partial charge in [-0.3, -0.25) is 0 Å². The fraction of sp³-hybridized carbons (Fsp3) is 0.545. The Bertz CT molecular complexity index is 293. The van der Waals surface area contributed by atoms with Gasteiger partial charge in [0.1, 0.15) is 5.82 Å². The number of anilines is 1. The van der Waals surface area contributed by atoms with Crippen LogP contribution in [-0.4, -0.2) is 17.6 Å². The molecule has 1 aromatic heterocycles. The molecule has 0 spiro atoms. The number of pyridine rings is 1. The van der Waals surface area contributed by atoms with Crippen LogP contribution in [0.3, 0.4) is 0 Å². The lowest BCUT2D eigenvalue weighted by molar-refractivity contribution is 0.750. The van der Waals surface area contributed by atoms with Crippen LogP contribution < -0.4 is 4.90 Å². The average Bonchev–Trinajstić information content (AvgIpc) is 2.99. The van der Waals surface area contributed by atoms with E-state index in [-0.39, 0.29) is 0 Å². The Morgan fingerprint density at radius 2 is 2.29 bits per heavy atom. The molecule has 0 atom stereocenters. The third kappa shape index (κ3) is 2.18. The van der Waals surface area contributed by atoms with Crippen LogP contribution in [0.1, 0.15) is 26.2 Å². The van der Waals surface area contributed by atoms with Crippen molar-refractivity contribution in [3.05, 3.63) is 23.4 Å². The van der Waals surface area contributed by atoms with Crippen molar-refractivity contribution in [3.8, 4) is 0 Å². The van der Waals surface area contributed by atoms with E-state index in [9.17, 15) is 0 Å². The maximum Gasteiger partial charge on any atom is 0.128 e. The highest BCUT2D eigenvalue weighted by molar-refractivity contribution is 6.30. The van der Waals surface area contributed by atoms with Crippen LogP contribution in [0.25, 0.3) is 0 Å². The summed E-state index contributed by atoms with van der Waals surface area (Å²) in [5, 5.41) is 0.709. The molecule has 0 unspecified atom stereocenters. The lowest BCUT2D eigenvalue weighted by atomic mass is 10.3. The third-order valence-electron chi connectivity index (χ3n) is 2.46. The number of aromatic nitrogens is 1. The summed E-state index contributed by atoms with van der Waals surface area (Å²) in [5.41, 5.74) is 0. The molecule has 2 nitrogen and oxygen atoms in total. The van der Waals surface area contributed by atoms with E-state index in [4.69, 9.17) is 11.6 Å². The van der Waals surface area contributed by atoms with E-state index in [1.807, 2.05) is 12.1 Å². The number of halogens is 1. The number of hydrogen-bond donors (Lipinski definition) is 0. The second-order valence-electron chi connectivity index (χ2n) is 3.76. The van der Waals surface area contributed by atoms with Gasteiger partial charge < -0.3 is 4.90 Å². The number of rotatable bonds is 4. The SMILES string of the molecule is CCCN(c1ccc(Cl)cn1)C1CC1. The molecule has 0 saturated heterocycles. The highest BCUT2D eigenvalue weighted by Crippen LogP contribution is 2.30. The minimum Gasteiger partial charge on any atom is -0.354 e. The standard InChI is InChI=1S/C11H15ClN2/c1-2-7-14(10-4-5-10)11-6-3-9(12)8-13-11/h3,6,8,10H,2,4-5,7H2,1H3. The van der Waals surface area contributed by atoms with Crippen LogP contribution in [0.5, 0.6) is 0 Å². The van der Waals surface area contributed by atoms with Crippen molar-refractivity contribution in [2.75, 3.05) is 11.4 Å². The predicted octanol–water partition coefficient (Wildman–Crippen LogP) is 3.11. The molecule has 76 valence electrons. The molecule has 1 aliphatic rings. The van der Waals surface area contributed by atoms with Gasteiger partial charge in [-0.2, -0.15) is 0 Å². The van der Waals surface area contributed by atoms with E-state index in [1.165, 1.54) is 19.3 Å². The summed E-state index contributed by atoms with van der Waals surface area (Å²) in [7, 11) is 0. The van der Waals surface area contributed by atoms with E-state index in [2.05, 4.69) is 16.8 Å². The van der Waals surface area contributed by atoms with Crippen molar-refractivity contribution in [1.82, 2.24) is 4.98 Å². The van der Waals surface area contributed by atoms with Gasteiger partial charge in [-0.25, -0.2) is 4.98 Å². The fourth-order valence-corrected chi connectivity index (χ4v) is 1.76. The molecule has 1 heterocycles. The van der Waals surface area contributed by atoms with Crippen LogP contribution >= 0.6 is 11.6 Å². The van der Waals surface area contributed by atoms with Crippen molar-refractivity contribution in [1.29, 1.82) is 0 Å². The van der Waals surface area contributed by atoms with Gasteiger partial charge in [-0.15, -0.1) is 0 Å². The summed E-state index contributed by atoms with van der Waals surface area (Å²) in [6.07, 6.45) is 5.51. The van der Waals surface area contributed by atoms with Gasteiger partial charge in [0.05, 0.1) is 5.02 Å². The van der Waals surface area contributed by atoms with Crippen molar-refractivity contribution < 1.29 is 0 Å². The maximum absolute atomic E-state index is 5.81. The van der Waals surface area contributed by atoms with Gasteiger partial charge in [0, 0.05) is 18.8 Å². The molecule has 1 fully saturated rings. The quantitative estimate of drug-likeness (QED) is 0.759. The first-order chi connectivity index (χ1) is 6.81. The van der Waals surface area contributed by atoms with Gasteiger partial charge in [0.2, 0.25) is 0 Å². The summed E-state index contributed by atoms with van der Waals surface area (Å²) >= 11 is 5.81. The molecule has 0 N–H and O–H groups in total. The molecule has 1 saturated carbocycles. The van der Waals surface area contributed by atoms with Crippen molar-refractivity contribution in [3.63, 3.8) is 0 Å². The largest absolute Gasteiger partial charge is 0.354 e. The molecule has 14 heavy (non-hydrogen) atoms. The third-order valence-corrected chi connectivity index (χ3v) is 2.68. The first-order valence-corrected chi connectivity index (χ1v) is 5.57. The van der Waals surface area contributed by atoms with E-state index in [0.29, 0.717) is 5.02 Å². The summed E-state index contributed by atoms with van der Waals surface area (Å²) in [6, 6.07) is 4.65. The molecule has 0 bridgehead atoms. The monoisotopic (exact) mass is 210 g/mol. The normalized spacial score (nSPS) is 15.6. The maximum atomic E-state index is 5.81. The number of hydrogen-bond acceptors (Lipinski definition) is 2. The predicted molar refractivity (Wildman–Crippen MR) is 59.9 cm³/mol. The van der Waals surface area contributed by atoms with Crippen molar-refractivity contribution >= 4 is 17.4 Å². The number of nitrogens with zero attached hydrogens (tertiary/aromatic N) is 2. The lowest BCUT2D eigenvalue weighted by Gasteiger charge is -2.22. The molecule has 0 aromatic carbocycles. The molecule has 0 radical (unpaired) electrons. The van der Waals surface area contributed by atoms with Gasteiger partial charge in [-0.05, 0) is 31.4 Å². The zero-order chi connectivity index (χ0) is 9.97. The summed E-state index contributed by atoms with van der Waals surface area (Å²) < 4.78 is 0. The molecule has 1 aromatic rings. The Hall–Kier alpha value is -0.760. The minimum absolute atomic E-state index is 0.709. The molecular formula is C11H15ClN2. The zero-order valence-electron chi connectivity index (χ0n) is 8.41. The first-order valence-electron chi connectivity index (χ1n) is 5.19. The fourth-order valence-electron chi connectivity index (χ4n) is 1.65. The molecule has 0 aliphatic heterocycles. The summed E-state index contributed by atoms with van der Waals surface area (Å²) in [4.78, 5) is 6.74. The van der Waals surface area contributed by atoms with Crippen molar-refractivity contribution in [2.45, 2.75) is 32.2 Å². The van der Waals surface area contributed by atoms with Gasteiger partial charge >= 0.3 is 0 Å². The highest BCUT2D eigenvalue weighted by atomic mass is 35.5. The Labute approximate surface area is 89.9 Å². The van der Waals surface area contributed by atoms with Gasteiger partial charge in [-0.1, -0.05) is 18.5 Å². The second kappa shape index (κ2) is 4.18. The van der Waals surface area contributed by atoms with Crippen LogP contribution in [0.2, 0.25) is 5.02 Å². The van der Waals surface area contributed by atoms with Crippen LogP contribution in [0, 0.1) is 0 Å². The van der Waals surface area contributed by atoms with E-state index in [1.54, 1.807) is 6.20 Å². The Kier molecular flexibility index (Phi) is 2.92. The van der Waals surface area contributed by atoms with E-state index < -0.39 is 0 Å². The van der Waals surface area contributed by atoms with E-state index >= 15 is 0 Å². The molecule has 3 heteroatoms. The molecule has 1 aliphatic carbocycles. The topological polar surface area (TPSA) is 16.1 Å². The van der Waals surface area contributed by atoms with E-state index in [0.717, 1.165) is 18.4 Å². The molecule has 2 rings (SSSR count). The van der Waals surface area contributed by atoms with Gasteiger partial charge in [0.25, 0.3) is 0 Å². The zero-order valence-corrected chi connectivity index (χ0v) is 9.17. The van der Waals surface area contributed by atoms with Crippen LogP contribution in [0.4, 0.5) is 5.82 Å². The summed E-state index contributed by atoms with van der Waals surface area (Å²) in [6.45, 7) is 3.30. The van der Waals surface area contributed by atoms with Gasteiger partial charge in [0.15, 0.2) is 0 Å². The highest BCUT2D eigenvalue weighted by Gasteiger charge is 2.29. The Balaban J connectivity index is 2.13.